The fraction of sp³-hybridized carbons (Fsp3) is 0.417. The van der Waals surface area contributed by atoms with E-state index in [1.807, 2.05) is 13.0 Å². The number of carbonyl (C=O) groups excluding carboxylic acids is 3. The van der Waals surface area contributed by atoms with Crippen LogP contribution in [0.25, 0.3) is 5.65 Å². The van der Waals surface area contributed by atoms with Gasteiger partial charge in [-0.3, -0.25) is 14.4 Å². The van der Waals surface area contributed by atoms with Gasteiger partial charge in [0.05, 0.1) is 39.9 Å². The molecule has 0 radical (unpaired) electrons. The summed E-state index contributed by atoms with van der Waals surface area (Å²) in [6.07, 6.45) is 7.01. The van der Waals surface area contributed by atoms with Crippen LogP contribution in [0.5, 0.6) is 0 Å². The van der Waals surface area contributed by atoms with Gasteiger partial charge in [0.2, 0.25) is 11.8 Å². The minimum atomic E-state index is -0.870. The van der Waals surface area contributed by atoms with Crippen LogP contribution < -0.4 is 21.7 Å². The van der Waals surface area contributed by atoms with Crippen molar-refractivity contribution in [1.82, 2.24) is 19.9 Å². The van der Waals surface area contributed by atoms with Crippen molar-refractivity contribution in [1.29, 1.82) is 0 Å². The first-order valence-electron chi connectivity index (χ1n) is 16.9. The third-order valence-electron chi connectivity index (χ3n) is 9.26. The fourth-order valence-corrected chi connectivity index (χ4v) is 6.87. The van der Waals surface area contributed by atoms with E-state index >= 15 is 0 Å². The Morgan fingerprint density at radius 2 is 1.51 bits per heavy atom. The van der Waals surface area contributed by atoms with Crippen LogP contribution in [0.3, 0.4) is 0 Å². The molecular weight excluding hydrogens is 758 g/mol. The molecule has 0 atom stereocenters. The van der Waals surface area contributed by atoms with Gasteiger partial charge in [0.25, 0.3) is 5.91 Å². The van der Waals surface area contributed by atoms with Crippen LogP contribution in [0.15, 0.2) is 42.6 Å². The molecule has 2 aromatic heterocycles. The Morgan fingerprint density at radius 3 is 2.13 bits per heavy atom. The summed E-state index contributed by atoms with van der Waals surface area (Å²) in [5.41, 5.74) is 8.47. The molecule has 17 heteroatoms. The van der Waals surface area contributed by atoms with Gasteiger partial charge in [-0.15, -0.1) is 12.4 Å². The molecule has 0 saturated heterocycles. The molecule has 11 nitrogen and oxygen atoms in total. The number of aromatic nitrogens is 3. The van der Waals surface area contributed by atoms with E-state index in [0.717, 1.165) is 30.3 Å². The first-order valence-corrected chi connectivity index (χ1v) is 17.7. The Hall–Kier alpha value is -3.95. The van der Waals surface area contributed by atoms with Gasteiger partial charge in [-0.2, -0.15) is 5.10 Å². The van der Waals surface area contributed by atoms with Crippen molar-refractivity contribution >= 4 is 70.4 Å². The number of rotatable bonds is 8. The predicted octanol–water partition coefficient (Wildman–Crippen LogP) is 7.40. The quantitative estimate of drug-likeness (QED) is 0.145. The molecule has 2 fully saturated rings. The standard InChI is InChI=1S/C23H25ClFN5O3.C13H15ClF2N2O.ClH/c1-13-9-17(12-33-2)27-21-18(11-26-30(13)21)23(32)28-16-6-3-14(4-7-16)22(31)29-20-8-5-15(25)10-19(20)24;14-10-5-8(15)6-11(16)12(10)18-13(19)7-1-3-9(17)4-2-7;/h5,8-11,14,16H,3-4,6-7,12H2,1-2H3,(H,28,32)(H,29,31);5-7,9H,1-4,17H2,(H,18,19);1H/t14-,16-;7-,9-;. The number of hydrogen-bond acceptors (Lipinski definition) is 7. The summed E-state index contributed by atoms with van der Waals surface area (Å²) in [5.74, 6) is -3.17. The van der Waals surface area contributed by atoms with Crippen molar-refractivity contribution in [2.45, 2.75) is 77.0 Å². The lowest BCUT2D eigenvalue weighted by Gasteiger charge is -2.28. The van der Waals surface area contributed by atoms with E-state index in [1.54, 1.807) is 11.6 Å². The number of halogens is 6. The number of carbonyl (C=O) groups is 3. The number of nitrogens with one attached hydrogen (secondary N) is 3. The Labute approximate surface area is 320 Å². The third-order valence-corrected chi connectivity index (χ3v) is 9.87. The Balaban J connectivity index is 0.000000267. The number of fused-ring (bicyclic) bond motifs is 1. The molecule has 2 aliphatic rings. The second-order valence-electron chi connectivity index (χ2n) is 13.1. The molecule has 0 unspecified atom stereocenters. The predicted molar refractivity (Wildman–Crippen MR) is 199 cm³/mol. The number of hydrogen-bond donors (Lipinski definition) is 4. The van der Waals surface area contributed by atoms with E-state index in [1.165, 1.54) is 24.4 Å². The largest absolute Gasteiger partial charge is 0.378 e. The minimum absolute atomic E-state index is 0. The fourth-order valence-electron chi connectivity index (χ4n) is 6.42. The number of benzene rings is 2. The number of aryl methyl sites for hydroxylation is 1. The van der Waals surface area contributed by atoms with Gasteiger partial charge in [-0.1, -0.05) is 23.2 Å². The highest BCUT2D eigenvalue weighted by Gasteiger charge is 2.29. The Bertz CT molecular complexity index is 1910. The van der Waals surface area contributed by atoms with Crippen LogP contribution in [-0.4, -0.2) is 51.5 Å². The van der Waals surface area contributed by atoms with Crippen molar-refractivity contribution in [3.05, 3.63) is 87.0 Å². The highest BCUT2D eigenvalue weighted by molar-refractivity contribution is 6.34. The normalized spacial score (nSPS) is 19.7. The van der Waals surface area contributed by atoms with E-state index in [9.17, 15) is 27.6 Å². The number of nitrogens with two attached hydrogens (primary N) is 1. The van der Waals surface area contributed by atoms with Crippen LogP contribution >= 0.6 is 35.6 Å². The van der Waals surface area contributed by atoms with E-state index in [0.29, 0.717) is 68.1 Å². The molecule has 286 valence electrons. The summed E-state index contributed by atoms with van der Waals surface area (Å²) >= 11 is 11.7. The van der Waals surface area contributed by atoms with Crippen LogP contribution in [0, 0.1) is 36.2 Å². The summed E-state index contributed by atoms with van der Waals surface area (Å²) in [4.78, 5) is 42.0. The summed E-state index contributed by atoms with van der Waals surface area (Å²) in [5, 5.41) is 12.6. The van der Waals surface area contributed by atoms with Crippen molar-refractivity contribution in [2.24, 2.45) is 17.6 Å². The number of nitrogens with zero attached hydrogens (tertiary/aromatic N) is 3. The van der Waals surface area contributed by atoms with Crippen LogP contribution in [0.1, 0.15) is 73.1 Å². The van der Waals surface area contributed by atoms with E-state index in [4.69, 9.17) is 33.7 Å². The smallest absolute Gasteiger partial charge is 0.256 e. The molecule has 5 N–H and O–H groups in total. The van der Waals surface area contributed by atoms with E-state index < -0.39 is 17.5 Å². The molecule has 53 heavy (non-hydrogen) atoms. The van der Waals surface area contributed by atoms with Gasteiger partial charge < -0.3 is 26.4 Å². The molecule has 2 aromatic carbocycles. The topological polar surface area (TPSA) is 153 Å². The second-order valence-corrected chi connectivity index (χ2v) is 13.9. The average Bonchev–Trinajstić information content (AvgIpc) is 3.53. The molecule has 2 aliphatic carbocycles. The van der Waals surface area contributed by atoms with Crippen molar-refractivity contribution in [3.63, 3.8) is 0 Å². The van der Waals surface area contributed by atoms with Crippen molar-refractivity contribution < 1.29 is 32.3 Å². The van der Waals surface area contributed by atoms with Gasteiger partial charge in [-0.05, 0) is 88.6 Å². The summed E-state index contributed by atoms with van der Waals surface area (Å²) in [6, 6.07) is 7.49. The van der Waals surface area contributed by atoms with E-state index in [2.05, 4.69) is 26.0 Å². The zero-order chi connectivity index (χ0) is 37.5. The lowest BCUT2D eigenvalue weighted by molar-refractivity contribution is -0.121. The number of ether oxygens (including phenoxy) is 1. The Kier molecular flexibility index (Phi) is 14.9. The number of anilines is 2. The maximum absolute atomic E-state index is 13.5. The summed E-state index contributed by atoms with van der Waals surface area (Å²) < 4.78 is 46.4. The summed E-state index contributed by atoms with van der Waals surface area (Å²) in [6.45, 7) is 2.24. The maximum Gasteiger partial charge on any atom is 0.256 e. The molecule has 3 amide bonds. The highest BCUT2D eigenvalue weighted by atomic mass is 35.5. The molecular formula is C36H41Cl3F3N7O4. The van der Waals surface area contributed by atoms with Crippen molar-refractivity contribution in [3.8, 4) is 0 Å². The zero-order valence-electron chi connectivity index (χ0n) is 29.1. The first-order chi connectivity index (χ1) is 24.8. The number of amides is 3. The zero-order valence-corrected chi connectivity index (χ0v) is 31.4. The van der Waals surface area contributed by atoms with Crippen molar-refractivity contribution in [2.75, 3.05) is 17.7 Å². The molecule has 2 heterocycles. The molecule has 0 aliphatic heterocycles. The van der Waals surface area contributed by atoms with Crippen LogP contribution in [0.4, 0.5) is 24.5 Å². The lowest BCUT2D eigenvalue weighted by Crippen LogP contribution is -2.39. The highest BCUT2D eigenvalue weighted by Crippen LogP contribution is 2.31. The minimum Gasteiger partial charge on any atom is -0.378 e. The van der Waals surface area contributed by atoms with E-state index in [-0.39, 0.29) is 69.8 Å². The van der Waals surface area contributed by atoms with Gasteiger partial charge in [-0.25, -0.2) is 22.7 Å². The monoisotopic (exact) mass is 797 g/mol. The number of methoxy groups -OCH3 is 1. The van der Waals surface area contributed by atoms with Crippen LogP contribution in [-0.2, 0) is 20.9 Å². The average molecular weight is 799 g/mol. The van der Waals surface area contributed by atoms with Gasteiger partial charge >= 0.3 is 0 Å². The Morgan fingerprint density at radius 1 is 0.887 bits per heavy atom. The SMILES string of the molecule is COCc1cc(C)n2ncc(C(=O)N[C@H]3CC[C@H](C(=O)Nc4ccc(F)cc4Cl)CC3)c2n1.Cl.N[C@H]1CC[C@H](C(=O)Nc2c(F)cc(F)cc2Cl)CC1. The molecule has 6 rings (SSSR count). The van der Waals surface area contributed by atoms with Gasteiger partial charge in [0.1, 0.15) is 17.2 Å². The molecule has 4 aromatic rings. The lowest BCUT2D eigenvalue weighted by atomic mass is 9.85. The second kappa shape index (κ2) is 18.9. The summed E-state index contributed by atoms with van der Waals surface area (Å²) in [7, 11) is 1.59. The maximum atomic E-state index is 13.5. The molecule has 0 bridgehead atoms. The first kappa shape index (κ1) is 41.8. The molecule has 0 spiro atoms. The van der Waals surface area contributed by atoms with Gasteiger partial charge in [0, 0.05) is 42.8 Å². The van der Waals surface area contributed by atoms with Crippen LogP contribution in [0.2, 0.25) is 10.0 Å². The third kappa shape index (κ3) is 10.8. The molecule has 2 saturated carbocycles. The van der Waals surface area contributed by atoms with Gasteiger partial charge in [0.15, 0.2) is 11.5 Å².